The van der Waals surface area contributed by atoms with Gasteiger partial charge in [-0.3, -0.25) is 4.99 Å². The molecule has 2 aliphatic heterocycles. The van der Waals surface area contributed by atoms with E-state index in [2.05, 4.69) is 4.99 Å². The largest absolute Gasteiger partial charge is 0.492 e. The van der Waals surface area contributed by atoms with E-state index in [0.717, 1.165) is 0 Å². The molecule has 1 aromatic rings. The normalized spacial score (nSPS) is 23.9. The number of halogens is 6. The minimum absolute atomic E-state index is 0.175. The fourth-order valence-corrected chi connectivity index (χ4v) is 2.73. The van der Waals surface area contributed by atoms with Gasteiger partial charge in [0.25, 0.3) is 5.54 Å². The fraction of sp³-hybridized carbons (Fsp3) is 0.462. The Balaban J connectivity index is 2.16. The van der Waals surface area contributed by atoms with Gasteiger partial charge in [0.1, 0.15) is 5.75 Å². The molecule has 0 bridgehead atoms. The molecule has 2 aliphatic rings. The summed E-state index contributed by atoms with van der Waals surface area (Å²) in [4.78, 5) is 3.11. The molecule has 1 unspecified atom stereocenters. The van der Waals surface area contributed by atoms with Crippen molar-refractivity contribution < 1.29 is 31.1 Å². The molecule has 114 valence electrons. The molecule has 0 fully saturated rings. The van der Waals surface area contributed by atoms with Crippen molar-refractivity contribution >= 4 is 5.71 Å². The molecule has 0 N–H and O–H groups in total. The highest BCUT2D eigenvalue weighted by molar-refractivity contribution is 6.06. The zero-order chi connectivity index (χ0) is 15.5. The number of benzene rings is 1. The van der Waals surface area contributed by atoms with Crippen molar-refractivity contribution in [2.45, 2.75) is 24.3 Å². The van der Waals surface area contributed by atoms with E-state index in [0.29, 0.717) is 0 Å². The quantitative estimate of drug-likeness (QED) is 0.669. The highest BCUT2D eigenvalue weighted by atomic mass is 19.4. The van der Waals surface area contributed by atoms with E-state index >= 15 is 0 Å². The molecule has 0 saturated heterocycles. The van der Waals surface area contributed by atoms with E-state index in [1.807, 2.05) is 0 Å². The van der Waals surface area contributed by atoms with E-state index in [4.69, 9.17) is 4.74 Å². The molecule has 1 aromatic carbocycles. The molecule has 21 heavy (non-hydrogen) atoms. The van der Waals surface area contributed by atoms with Crippen LogP contribution in [0.5, 0.6) is 5.75 Å². The lowest BCUT2D eigenvalue weighted by atomic mass is 9.86. The summed E-state index contributed by atoms with van der Waals surface area (Å²) in [7, 11) is 0. The molecular weight excluding hydrogens is 300 g/mol. The van der Waals surface area contributed by atoms with Crippen molar-refractivity contribution in [2.75, 3.05) is 6.61 Å². The molecular formula is C13H9F6NO. The Morgan fingerprint density at radius 3 is 2.29 bits per heavy atom. The highest BCUT2D eigenvalue weighted by Gasteiger charge is 2.74. The van der Waals surface area contributed by atoms with Gasteiger partial charge in [0.2, 0.25) is 0 Å². The second kappa shape index (κ2) is 4.14. The van der Waals surface area contributed by atoms with Crippen LogP contribution in [0, 0.1) is 5.92 Å². The van der Waals surface area contributed by atoms with E-state index in [-0.39, 0.29) is 23.6 Å². The second-order valence-electron chi connectivity index (χ2n) is 5.06. The summed E-state index contributed by atoms with van der Waals surface area (Å²) < 4.78 is 83.6. The lowest BCUT2D eigenvalue weighted by Gasteiger charge is -2.31. The minimum Gasteiger partial charge on any atom is -0.492 e. The van der Waals surface area contributed by atoms with Gasteiger partial charge in [-0.25, -0.2) is 0 Å². The van der Waals surface area contributed by atoms with Gasteiger partial charge in [-0.1, -0.05) is 12.1 Å². The van der Waals surface area contributed by atoms with Gasteiger partial charge in [0.15, 0.2) is 0 Å². The van der Waals surface area contributed by atoms with Crippen LogP contribution in [0.4, 0.5) is 26.3 Å². The first-order chi connectivity index (χ1) is 9.66. The number of hydrogen-bond acceptors (Lipinski definition) is 2. The third kappa shape index (κ3) is 1.91. The molecule has 0 aliphatic carbocycles. The highest BCUT2D eigenvalue weighted by Crippen LogP contribution is 2.54. The molecule has 1 atom stereocenters. The zero-order valence-corrected chi connectivity index (χ0v) is 10.4. The van der Waals surface area contributed by atoms with E-state index in [1.165, 1.54) is 18.2 Å². The molecule has 0 spiro atoms. The number of alkyl halides is 6. The number of aliphatic imine (C=N–C) groups is 1. The predicted molar refractivity (Wildman–Crippen MR) is 61.4 cm³/mol. The molecule has 0 radical (unpaired) electrons. The SMILES string of the molecule is FC(F)(F)C1(C(F)(F)F)CC2COc3ccccc3C2=N1. The van der Waals surface area contributed by atoms with Gasteiger partial charge in [0.05, 0.1) is 12.3 Å². The Kier molecular flexibility index (Phi) is 2.80. The number of rotatable bonds is 0. The predicted octanol–water partition coefficient (Wildman–Crippen LogP) is 3.75. The van der Waals surface area contributed by atoms with Gasteiger partial charge >= 0.3 is 12.4 Å². The second-order valence-corrected chi connectivity index (χ2v) is 5.06. The summed E-state index contributed by atoms with van der Waals surface area (Å²) in [6, 6.07) is 6.03. The minimum atomic E-state index is -5.50. The van der Waals surface area contributed by atoms with Crippen molar-refractivity contribution in [3.05, 3.63) is 29.8 Å². The summed E-state index contributed by atoms with van der Waals surface area (Å²) in [5.74, 6) is -0.754. The summed E-state index contributed by atoms with van der Waals surface area (Å²) >= 11 is 0. The zero-order valence-electron chi connectivity index (χ0n) is 10.4. The maximum absolute atomic E-state index is 13.1. The van der Waals surface area contributed by atoms with Gasteiger partial charge in [-0.2, -0.15) is 26.3 Å². The topological polar surface area (TPSA) is 21.6 Å². The molecule has 2 nitrogen and oxygen atoms in total. The molecule has 0 amide bonds. The first-order valence-electron chi connectivity index (χ1n) is 6.11. The molecule has 0 aromatic heterocycles. The molecule has 8 heteroatoms. The maximum atomic E-state index is 13.1. The first kappa shape index (κ1) is 14.2. The van der Waals surface area contributed by atoms with E-state index in [1.54, 1.807) is 6.07 Å². The van der Waals surface area contributed by atoms with Crippen molar-refractivity contribution in [2.24, 2.45) is 10.9 Å². The Hall–Kier alpha value is -1.73. The van der Waals surface area contributed by atoms with Crippen LogP contribution in [0.25, 0.3) is 0 Å². The summed E-state index contributed by atoms with van der Waals surface area (Å²) in [6.45, 7) is -0.232. The van der Waals surface area contributed by atoms with Crippen LogP contribution in [-0.4, -0.2) is 30.2 Å². The van der Waals surface area contributed by atoms with Crippen molar-refractivity contribution in [1.29, 1.82) is 0 Å². The third-order valence-electron chi connectivity index (χ3n) is 3.78. The maximum Gasteiger partial charge on any atom is 0.422 e. The van der Waals surface area contributed by atoms with Crippen molar-refractivity contribution in [1.82, 2.24) is 0 Å². The van der Waals surface area contributed by atoms with Crippen molar-refractivity contribution in [3.63, 3.8) is 0 Å². The van der Waals surface area contributed by atoms with Crippen LogP contribution in [0.3, 0.4) is 0 Å². The third-order valence-corrected chi connectivity index (χ3v) is 3.78. The van der Waals surface area contributed by atoms with Gasteiger partial charge in [-0.15, -0.1) is 0 Å². The van der Waals surface area contributed by atoms with Gasteiger partial charge < -0.3 is 4.74 Å². The van der Waals surface area contributed by atoms with Crippen LogP contribution in [-0.2, 0) is 0 Å². The Morgan fingerprint density at radius 2 is 1.67 bits per heavy atom. The summed E-state index contributed by atoms with van der Waals surface area (Å²) in [6.07, 6.45) is -12.2. The number of fused-ring (bicyclic) bond motifs is 3. The summed E-state index contributed by atoms with van der Waals surface area (Å²) in [5.41, 5.74) is -4.02. The number of para-hydroxylation sites is 1. The molecule has 2 heterocycles. The average Bonchev–Trinajstić information content (AvgIpc) is 2.79. The Labute approximate surface area is 115 Å². The monoisotopic (exact) mass is 309 g/mol. The fourth-order valence-electron chi connectivity index (χ4n) is 2.73. The van der Waals surface area contributed by atoms with Crippen LogP contribution in [0.1, 0.15) is 12.0 Å². The average molecular weight is 309 g/mol. The summed E-state index contributed by atoms with van der Waals surface area (Å²) in [5, 5.41) is 0. The van der Waals surface area contributed by atoms with Crippen LogP contribution in [0.2, 0.25) is 0 Å². The lowest BCUT2D eigenvalue weighted by Crippen LogP contribution is -2.54. The van der Waals surface area contributed by atoms with Gasteiger partial charge in [-0.05, 0) is 12.1 Å². The Morgan fingerprint density at radius 1 is 1.05 bits per heavy atom. The van der Waals surface area contributed by atoms with E-state index in [9.17, 15) is 26.3 Å². The standard InChI is InChI=1S/C13H9F6NO/c14-12(15,16)11(13(17,18)19)5-7-6-21-9-4-2-1-3-8(9)10(7)20-11/h1-4,7H,5-6H2. The van der Waals surface area contributed by atoms with Crippen LogP contribution < -0.4 is 4.74 Å². The van der Waals surface area contributed by atoms with Crippen LogP contribution >= 0.6 is 0 Å². The van der Waals surface area contributed by atoms with Crippen LogP contribution in [0.15, 0.2) is 29.3 Å². The van der Waals surface area contributed by atoms with Crippen molar-refractivity contribution in [3.8, 4) is 5.75 Å². The molecule has 0 saturated carbocycles. The van der Waals surface area contributed by atoms with Gasteiger partial charge in [0, 0.05) is 17.9 Å². The number of nitrogens with zero attached hydrogens (tertiary/aromatic N) is 1. The number of hydrogen-bond donors (Lipinski definition) is 0. The number of ether oxygens (including phenoxy) is 1. The lowest BCUT2D eigenvalue weighted by molar-refractivity contribution is -0.295. The van der Waals surface area contributed by atoms with E-state index < -0.39 is 30.2 Å². The molecule has 3 rings (SSSR count). The first-order valence-corrected chi connectivity index (χ1v) is 6.11. The Bertz CT molecular complexity index is 589. The smallest absolute Gasteiger partial charge is 0.422 e.